The fourth-order valence-corrected chi connectivity index (χ4v) is 1.41. The second-order valence-corrected chi connectivity index (χ2v) is 3.79. The highest BCUT2D eigenvalue weighted by Crippen LogP contribution is 2.15. The molecule has 0 spiro atoms. The van der Waals surface area contributed by atoms with Crippen molar-refractivity contribution >= 4 is 11.6 Å². The van der Waals surface area contributed by atoms with E-state index in [1.807, 2.05) is 7.05 Å². The van der Waals surface area contributed by atoms with E-state index in [1.54, 1.807) is 18.5 Å². The van der Waals surface area contributed by atoms with Crippen LogP contribution >= 0.6 is 11.6 Å². The maximum atomic E-state index is 5.78. The van der Waals surface area contributed by atoms with Crippen LogP contribution in [0.4, 0.5) is 0 Å². The van der Waals surface area contributed by atoms with Gasteiger partial charge in [-0.05, 0) is 32.9 Å². The van der Waals surface area contributed by atoms with Gasteiger partial charge in [-0.1, -0.05) is 11.6 Å². The summed E-state index contributed by atoms with van der Waals surface area (Å²) in [5, 5.41) is 3.73. The molecule has 0 aliphatic rings. The normalized spacial score (nSPS) is 10.3. The van der Waals surface area contributed by atoms with Gasteiger partial charge in [0.05, 0.1) is 17.8 Å². The molecule has 0 atom stereocenters. The first-order chi connectivity index (χ1) is 7.33. The lowest BCUT2D eigenvalue weighted by molar-refractivity contribution is 0.304. The van der Waals surface area contributed by atoms with Gasteiger partial charge in [-0.2, -0.15) is 0 Å². The highest BCUT2D eigenvalue weighted by Gasteiger charge is 1.95. The zero-order valence-corrected chi connectivity index (χ0v) is 9.76. The Morgan fingerprint density at radius 2 is 2.20 bits per heavy atom. The third-order valence-corrected chi connectivity index (χ3v) is 2.23. The molecule has 0 amide bonds. The predicted octanol–water partition coefficient (Wildman–Crippen LogP) is 2.50. The van der Waals surface area contributed by atoms with Crippen LogP contribution in [0, 0.1) is 0 Å². The van der Waals surface area contributed by atoms with Gasteiger partial charge in [-0.15, -0.1) is 0 Å². The van der Waals surface area contributed by atoms with Crippen molar-refractivity contribution in [2.24, 2.45) is 0 Å². The Bertz CT molecular complexity index is 281. The van der Waals surface area contributed by atoms with Crippen LogP contribution in [0.3, 0.4) is 0 Å². The van der Waals surface area contributed by atoms with E-state index in [0.717, 1.165) is 25.3 Å². The summed E-state index contributed by atoms with van der Waals surface area (Å²) in [5.41, 5.74) is 0. The summed E-state index contributed by atoms with van der Waals surface area (Å²) in [4.78, 5) is 3.95. The van der Waals surface area contributed by atoms with E-state index >= 15 is 0 Å². The number of nitrogens with one attached hydrogen (secondary N) is 1. The first kappa shape index (κ1) is 12.3. The van der Waals surface area contributed by atoms with Crippen molar-refractivity contribution in [3.63, 3.8) is 0 Å². The van der Waals surface area contributed by atoms with E-state index in [4.69, 9.17) is 16.3 Å². The molecule has 1 aromatic heterocycles. The summed E-state index contributed by atoms with van der Waals surface area (Å²) < 4.78 is 5.50. The van der Waals surface area contributed by atoms with Gasteiger partial charge in [-0.25, -0.2) is 0 Å². The minimum absolute atomic E-state index is 0.614. The van der Waals surface area contributed by atoms with Gasteiger partial charge in [0, 0.05) is 12.3 Å². The van der Waals surface area contributed by atoms with Gasteiger partial charge < -0.3 is 10.1 Å². The van der Waals surface area contributed by atoms with Gasteiger partial charge in [0.1, 0.15) is 5.75 Å². The highest BCUT2D eigenvalue weighted by atomic mass is 35.5. The van der Waals surface area contributed by atoms with Gasteiger partial charge in [0.2, 0.25) is 0 Å². The number of ether oxygens (including phenoxy) is 1. The standard InChI is InChI=1S/C11H17ClN2O/c1-13-5-3-2-4-6-15-11-7-10(12)8-14-9-11/h7-9,13H,2-6H2,1H3. The minimum Gasteiger partial charge on any atom is -0.492 e. The van der Waals surface area contributed by atoms with Crippen LogP contribution < -0.4 is 10.1 Å². The molecule has 4 heteroatoms. The average molecular weight is 229 g/mol. The number of pyridine rings is 1. The molecule has 0 bridgehead atoms. The fraction of sp³-hybridized carbons (Fsp3) is 0.545. The van der Waals surface area contributed by atoms with Gasteiger partial charge in [-0.3, -0.25) is 4.98 Å². The topological polar surface area (TPSA) is 34.1 Å². The maximum absolute atomic E-state index is 5.78. The van der Waals surface area contributed by atoms with Crippen LogP contribution in [0.2, 0.25) is 5.02 Å². The molecule has 1 aromatic rings. The Balaban J connectivity index is 2.10. The zero-order chi connectivity index (χ0) is 10.9. The van der Waals surface area contributed by atoms with E-state index in [9.17, 15) is 0 Å². The van der Waals surface area contributed by atoms with E-state index in [2.05, 4.69) is 10.3 Å². The molecule has 0 unspecified atom stereocenters. The van der Waals surface area contributed by atoms with E-state index in [1.165, 1.54) is 12.8 Å². The van der Waals surface area contributed by atoms with Crippen LogP contribution in [-0.2, 0) is 0 Å². The average Bonchev–Trinajstić information content (AvgIpc) is 2.23. The van der Waals surface area contributed by atoms with Crippen molar-refractivity contribution < 1.29 is 4.74 Å². The molecule has 0 radical (unpaired) electrons. The summed E-state index contributed by atoms with van der Waals surface area (Å²) in [6.07, 6.45) is 6.71. The molecule has 0 saturated carbocycles. The van der Waals surface area contributed by atoms with Gasteiger partial charge >= 0.3 is 0 Å². The Hall–Kier alpha value is -0.800. The first-order valence-corrected chi connectivity index (χ1v) is 5.58. The summed E-state index contributed by atoms with van der Waals surface area (Å²) in [6, 6.07) is 1.78. The Kier molecular flexibility index (Phi) is 6.12. The summed E-state index contributed by atoms with van der Waals surface area (Å²) in [5.74, 6) is 0.746. The third kappa shape index (κ3) is 5.60. The second kappa shape index (κ2) is 7.49. The third-order valence-electron chi connectivity index (χ3n) is 2.02. The fourth-order valence-electron chi connectivity index (χ4n) is 1.24. The Labute approximate surface area is 95.8 Å². The summed E-state index contributed by atoms with van der Waals surface area (Å²) >= 11 is 5.78. The molecule has 3 nitrogen and oxygen atoms in total. The molecular weight excluding hydrogens is 212 g/mol. The molecule has 0 aliphatic heterocycles. The molecule has 0 fully saturated rings. The van der Waals surface area contributed by atoms with E-state index < -0.39 is 0 Å². The molecular formula is C11H17ClN2O. The smallest absolute Gasteiger partial charge is 0.139 e. The molecule has 1 rings (SSSR count). The summed E-state index contributed by atoms with van der Waals surface area (Å²) in [6.45, 7) is 1.80. The first-order valence-electron chi connectivity index (χ1n) is 5.21. The SMILES string of the molecule is CNCCCCCOc1cncc(Cl)c1. The molecule has 0 aromatic carbocycles. The molecule has 1 heterocycles. The predicted molar refractivity (Wildman–Crippen MR) is 62.5 cm³/mol. The quantitative estimate of drug-likeness (QED) is 0.729. The van der Waals surface area contributed by atoms with Crippen molar-refractivity contribution in [2.75, 3.05) is 20.2 Å². The summed E-state index contributed by atoms with van der Waals surface area (Å²) in [7, 11) is 1.97. The van der Waals surface area contributed by atoms with Crippen LogP contribution in [0.5, 0.6) is 5.75 Å². The number of rotatable bonds is 7. The van der Waals surface area contributed by atoms with Crippen molar-refractivity contribution in [3.8, 4) is 5.75 Å². The Morgan fingerprint density at radius 1 is 1.33 bits per heavy atom. The highest BCUT2D eigenvalue weighted by molar-refractivity contribution is 6.30. The van der Waals surface area contributed by atoms with Crippen LogP contribution in [0.25, 0.3) is 0 Å². The number of unbranched alkanes of at least 4 members (excludes halogenated alkanes) is 2. The van der Waals surface area contributed by atoms with Gasteiger partial charge in [0.15, 0.2) is 0 Å². The number of hydrogen-bond donors (Lipinski definition) is 1. The second-order valence-electron chi connectivity index (χ2n) is 3.35. The monoisotopic (exact) mass is 228 g/mol. The largest absolute Gasteiger partial charge is 0.492 e. The molecule has 0 saturated heterocycles. The molecule has 1 N–H and O–H groups in total. The van der Waals surface area contributed by atoms with E-state index in [0.29, 0.717) is 5.02 Å². The van der Waals surface area contributed by atoms with Crippen molar-refractivity contribution in [1.82, 2.24) is 10.3 Å². The minimum atomic E-state index is 0.614. The number of nitrogens with zero attached hydrogens (tertiary/aromatic N) is 1. The van der Waals surface area contributed by atoms with Gasteiger partial charge in [0.25, 0.3) is 0 Å². The Morgan fingerprint density at radius 3 is 2.93 bits per heavy atom. The van der Waals surface area contributed by atoms with Crippen LogP contribution in [0.1, 0.15) is 19.3 Å². The van der Waals surface area contributed by atoms with Crippen molar-refractivity contribution in [1.29, 1.82) is 0 Å². The van der Waals surface area contributed by atoms with Crippen molar-refractivity contribution in [2.45, 2.75) is 19.3 Å². The molecule has 15 heavy (non-hydrogen) atoms. The zero-order valence-electron chi connectivity index (χ0n) is 9.00. The number of hydrogen-bond acceptors (Lipinski definition) is 3. The molecule has 0 aliphatic carbocycles. The lowest BCUT2D eigenvalue weighted by Gasteiger charge is -2.05. The lowest BCUT2D eigenvalue weighted by atomic mass is 10.2. The lowest BCUT2D eigenvalue weighted by Crippen LogP contribution is -2.07. The van der Waals surface area contributed by atoms with Crippen LogP contribution in [0.15, 0.2) is 18.5 Å². The number of aromatic nitrogens is 1. The van der Waals surface area contributed by atoms with E-state index in [-0.39, 0.29) is 0 Å². The van der Waals surface area contributed by atoms with Crippen molar-refractivity contribution in [3.05, 3.63) is 23.5 Å². The van der Waals surface area contributed by atoms with Crippen LogP contribution in [-0.4, -0.2) is 25.2 Å². The number of halogens is 1. The maximum Gasteiger partial charge on any atom is 0.139 e. The molecule has 84 valence electrons.